The number of rotatable bonds is 7. The highest BCUT2D eigenvalue weighted by Gasteiger charge is 2.29. The van der Waals surface area contributed by atoms with Gasteiger partial charge in [0.25, 0.3) is 10.0 Å². The van der Waals surface area contributed by atoms with Crippen molar-refractivity contribution in [2.24, 2.45) is 0 Å². The number of benzene rings is 4. The van der Waals surface area contributed by atoms with E-state index in [1.165, 1.54) is 4.31 Å². The van der Waals surface area contributed by atoms with Crippen molar-refractivity contribution in [3.05, 3.63) is 120 Å². The molecule has 0 bridgehead atoms. The zero-order valence-corrected chi connectivity index (χ0v) is 21.8. The average Bonchev–Trinajstić information content (AvgIpc) is 2.96. The molecule has 0 fully saturated rings. The molecule has 0 spiro atoms. The van der Waals surface area contributed by atoms with E-state index in [-0.39, 0.29) is 17.0 Å². The fourth-order valence-electron chi connectivity index (χ4n) is 4.71. The summed E-state index contributed by atoms with van der Waals surface area (Å²) in [5.41, 5.74) is 4.04. The zero-order valence-electron chi connectivity index (χ0n) is 21.0. The van der Waals surface area contributed by atoms with Crippen LogP contribution < -0.4 is 19.7 Å². The van der Waals surface area contributed by atoms with Gasteiger partial charge in [-0.15, -0.1) is 0 Å². The zero-order chi connectivity index (χ0) is 26.5. The number of methoxy groups -OCH3 is 1. The van der Waals surface area contributed by atoms with Crippen molar-refractivity contribution in [2.45, 2.75) is 23.8 Å². The smallest absolute Gasteiger partial charge is 0.319 e. The van der Waals surface area contributed by atoms with E-state index in [1.807, 2.05) is 66.7 Å². The quantitative estimate of drug-likeness (QED) is 0.321. The van der Waals surface area contributed by atoms with Crippen LogP contribution in [0.4, 0.5) is 16.2 Å². The van der Waals surface area contributed by atoms with Crippen LogP contribution in [0.5, 0.6) is 5.75 Å². The fourth-order valence-corrected chi connectivity index (χ4v) is 6.25. The first kappa shape index (κ1) is 25.4. The predicted octanol–water partition coefficient (Wildman–Crippen LogP) is 5.75. The van der Waals surface area contributed by atoms with E-state index < -0.39 is 10.0 Å². The van der Waals surface area contributed by atoms with Crippen LogP contribution in [0.25, 0.3) is 0 Å². The predicted molar refractivity (Wildman–Crippen MR) is 149 cm³/mol. The third-order valence-electron chi connectivity index (χ3n) is 6.60. The first-order chi connectivity index (χ1) is 18.5. The minimum Gasteiger partial charge on any atom is -0.497 e. The van der Waals surface area contributed by atoms with Crippen molar-refractivity contribution < 1.29 is 17.9 Å². The maximum atomic E-state index is 13.4. The van der Waals surface area contributed by atoms with Crippen molar-refractivity contribution in [3.63, 3.8) is 0 Å². The third-order valence-corrected chi connectivity index (χ3v) is 8.43. The van der Waals surface area contributed by atoms with Crippen LogP contribution in [-0.2, 0) is 16.4 Å². The summed E-state index contributed by atoms with van der Waals surface area (Å²) in [4.78, 5) is 13.3. The molecule has 1 aliphatic rings. The number of hydrogen-bond acceptors (Lipinski definition) is 4. The highest BCUT2D eigenvalue weighted by molar-refractivity contribution is 7.92. The standard InChI is InChI=1S/C30H29N3O4S/c1-37-26-15-17-27(18-16-26)38(35,36)33-20-8-13-24-21-25(14-19-28(24)33)31-30(34)32-29(22-9-4-2-5-10-22)23-11-6-3-7-12-23/h2-7,9-12,14-19,21,29H,8,13,20H2,1H3,(H2,31,32,34). The molecule has 1 heterocycles. The van der Waals surface area contributed by atoms with Crippen molar-refractivity contribution in [2.75, 3.05) is 23.3 Å². The lowest BCUT2D eigenvalue weighted by atomic mass is 9.99. The second-order valence-corrected chi connectivity index (χ2v) is 10.9. The third kappa shape index (κ3) is 5.35. The molecule has 0 saturated heterocycles. The Balaban J connectivity index is 1.35. The molecule has 8 heteroatoms. The summed E-state index contributed by atoms with van der Waals surface area (Å²) in [7, 11) is -2.19. The number of carbonyl (C=O) groups excluding carboxylic acids is 1. The summed E-state index contributed by atoms with van der Waals surface area (Å²) in [6.07, 6.45) is 1.40. The van der Waals surface area contributed by atoms with E-state index in [0.717, 1.165) is 23.1 Å². The highest BCUT2D eigenvalue weighted by atomic mass is 32.2. The second-order valence-electron chi connectivity index (χ2n) is 9.05. The van der Waals surface area contributed by atoms with Gasteiger partial charge in [-0.25, -0.2) is 13.2 Å². The average molecular weight is 528 g/mol. The van der Waals surface area contributed by atoms with Gasteiger partial charge in [0.05, 0.1) is 23.7 Å². The molecular weight excluding hydrogens is 498 g/mol. The molecular formula is C30H29N3O4S. The maximum absolute atomic E-state index is 13.4. The van der Waals surface area contributed by atoms with Crippen LogP contribution in [-0.4, -0.2) is 28.1 Å². The van der Waals surface area contributed by atoms with Crippen molar-refractivity contribution in [1.82, 2.24) is 5.32 Å². The molecule has 1 aliphatic heterocycles. The molecule has 0 saturated carbocycles. The molecule has 5 rings (SSSR count). The molecule has 0 aliphatic carbocycles. The van der Waals surface area contributed by atoms with Crippen LogP contribution >= 0.6 is 0 Å². The van der Waals surface area contributed by atoms with E-state index in [1.54, 1.807) is 43.5 Å². The van der Waals surface area contributed by atoms with Crippen LogP contribution in [0.15, 0.2) is 108 Å². The summed E-state index contributed by atoms with van der Waals surface area (Å²) < 4.78 is 33.4. The van der Waals surface area contributed by atoms with E-state index in [0.29, 0.717) is 30.1 Å². The molecule has 2 amide bonds. The Hall–Kier alpha value is -4.30. The largest absolute Gasteiger partial charge is 0.497 e. The Morgan fingerprint density at radius 3 is 2.11 bits per heavy atom. The number of hydrogen-bond donors (Lipinski definition) is 2. The molecule has 0 radical (unpaired) electrons. The Bertz CT molecular complexity index is 1470. The first-order valence-corrected chi connectivity index (χ1v) is 13.9. The lowest BCUT2D eigenvalue weighted by molar-refractivity contribution is 0.250. The number of carbonyl (C=O) groups is 1. The Morgan fingerprint density at radius 2 is 1.50 bits per heavy atom. The summed E-state index contributed by atoms with van der Waals surface area (Å²) in [5.74, 6) is 0.596. The number of ether oxygens (including phenoxy) is 1. The summed E-state index contributed by atoms with van der Waals surface area (Å²) in [6, 6.07) is 30.7. The number of nitrogens with zero attached hydrogens (tertiary/aromatic N) is 1. The van der Waals surface area contributed by atoms with Gasteiger partial charge in [-0.1, -0.05) is 60.7 Å². The molecule has 4 aromatic carbocycles. The van der Waals surface area contributed by atoms with Gasteiger partial charge in [0.2, 0.25) is 0 Å². The number of amides is 2. The number of sulfonamides is 1. The minimum atomic E-state index is -3.74. The van der Waals surface area contributed by atoms with Crippen LogP contribution in [0.2, 0.25) is 0 Å². The van der Waals surface area contributed by atoms with Gasteiger partial charge in [0.15, 0.2) is 0 Å². The van der Waals surface area contributed by atoms with Gasteiger partial charge in [0, 0.05) is 12.2 Å². The van der Waals surface area contributed by atoms with E-state index in [4.69, 9.17) is 4.74 Å². The lowest BCUT2D eigenvalue weighted by Crippen LogP contribution is -2.36. The summed E-state index contributed by atoms with van der Waals surface area (Å²) >= 11 is 0. The molecule has 7 nitrogen and oxygen atoms in total. The molecule has 4 aromatic rings. The van der Waals surface area contributed by atoms with Gasteiger partial charge in [-0.3, -0.25) is 4.31 Å². The number of aryl methyl sites for hydroxylation is 1. The van der Waals surface area contributed by atoms with Crippen LogP contribution in [0.1, 0.15) is 29.2 Å². The van der Waals surface area contributed by atoms with E-state index >= 15 is 0 Å². The Labute approximate surface area is 223 Å². The van der Waals surface area contributed by atoms with Gasteiger partial charge in [-0.05, 0) is 72.0 Å². The Morgan fingerprint density at radius 1 is 0.868 bits per heavy atom. The van der Waals surface area contributed by atoms with Crippen molar-refractivity contribution in [3.8, 4) is 5.75 Å². The SMILES string of the molecule is COc1ccc(S(=O)(=O)N2CCCc3cc(NC(=O)NC(c4ccccc4)c4ccccc4)ccc32)cc1. The van der Waals surface area contributed by atoms with Gasteiger partial charge < -0.3 is 15.4 Å². The summed E-state index contributed by atoms with van der Waals surface area (Å²) in [6.45, 7) is 0.393. The van der Waals surface area contributed by atoms with E-state index in [9.17, 15) is 13.2 Å². The number of nitrogens with one attached hydrogen (secondary N) is 2. The molecule has 194 valence electrons. The molecule has 0 atom stereocenters. The molecule has 38 heavy (non-hydrogen) atoms. The minimum absolute atomic E-state index is 0.209. The maximum Gasteiger partial charge on any atom is 0.319 e. The monoisotopic (exact) mass is 527 g/mol. The topological polar surface area (TPSA) is 87.7 Å². The molecule has 0 unspecified atom stereocenters. The van der Waals surface area contributed by atoms with Crippen LogP contribution in [0.3, 0.4) is 0 Å². The second kappa shape index (κ2) is 11.0. The Kier molecular flexibility index (Phi) is 7.33. The van der Waals surface area contributed by atoms with Gasteiger partial charge >= 0.3 is 6.03 Å². The molecule has 0 aromatic heterocycles. The number of anilines is 2. The normalized spacial score (nSPS) is 13.1. The van der Waals surface area contributed by atoms with Gasteiger partial charge in [-0.2, -0.15) is 0 Å². The highest BCUT2D eigenvalue weighted by Crippen LogP contribution is 2.34. The van der Waals surface area contributed by atoms with Crippen LogP contribution in [0, 0.1) is 0 Å². The number of fused-ring (bicyclic) bond motifs is 1. The first-order valence-electron chi connectivity index (χ1n) is 12.4. The lowest BCUT2D eigenvalue weighted by Gasteiger charge is -2.31. The number of urea groups is 1. The van der Waals surface area contributed by atoms with E-state index in [2.05, 4.69) is 10.6 Å². The summed E-state index contributed by atoms with van der Waals surface area (Å²) in [5, 5.41) is 6.00. The van der Waals surface area contributed by atoms with Crippen molar-refractivity contribution >= 4 is 27.4 Å². The van der Waals surface area contributed by atoms with Gasteiger partial charge in [0.1, 0.15) is 5.75 Å². The van der Waals surface area contributed by atoms with Crippen molar-refractivity contribution in [1.29, 1.82) is 0 Å². The molecule has 2 N–H and O–H groups in total. The fraction of sp³-hybridized carbons (Fsp3) is 0.167.